The predicted octanol–water partition coefficient (Wildman–Crippen LogP) is 2.61. The Bertz CT molecular complexity index is 676. The van der Waals surface area contributed by atoms with Crippen molar-refractivity contribution >= 4 is 23.0 Å². The molecular formula is C10H5ClN4O4. The van der Waals surface area contributed by atoms with Gasteiger partial charge in [0.05, 0.1) is 9.85 Å². The Morgan fingerprint density at radius 2 is 1.84 bits per heavy atom. The number of benzene rings is 1. The monoisotopic (exact) mass is 280 g/mol. The summed E-state index contributed by atoms with van der Waals surface area (Å²) < 4.78 is 0. The molecule has 0 saturated carbocycles. The second-order valence-electron chi connectivity index (χ2n) is 3.43. The van der Waals surface area contributed by atoms with Crippen LogP contribution in [0.4, 0.5) is 11.4 Å². The zero-order chi connectivity index (χ0) is 14.0. The first-order valence-corrected chi connectivity index (χ1v) is 5.28. The summed E-state index contributed by atoms with van der Waals surface area (Å²) in [5, 5.41) is 21.3. The SMILES string of the molecule is O=[N+]([O-])c1cccc(-c2ncnc(Cl)c2[N+](=O)[O-])c1. The molecule has 2 rings (SSSR count). The van der Waals surface area contributed by atoms with Crippen molar-refractivity contribution in [2.75, 3.05) is 0 Å². The Hall–Kier alpha value is -2.61. The minimum Gasteiger partial charge on any atom is -0.258 e. The Morgan fingerprint density at radius 3 is 2.47 bits per heavy atom. The normalized spacial score (nSPS) is 10.2. The smallest absolute Gasteiger partial charge is 0.258 e. The number of hydrogen-bond donors (Lipinski definition) is 0. The summed E-state index contributed by atoms with van der Waals surface area (Å²) in [5.41, 5.74) is -0.509. The number of non-ortho nitro benzene ring substituents is 1. The number of nitro groups is 2. The molecule has 0 fully saturated rings. The van der Waals surface area contributed by atoms with Crippen LogP contribution in [0.25, 0.3) is 11.3 Å². The highest BCUT2D eigenvalue weighted by molar-refractivity contribution is 6.31. The fourth-order valence-corrected chi connectivity index (χ4v) is 1.70. The van der Waals surface area contributed by atoms with Crippen molar-refractivity contribution in [2.45, 2.75) is 0 Å². The molecule has 0 atom stereocenters. The van der Waals surface area contributed by atoms with Crippen LogP contribution in [0, 0.1) is 20.2 Å². The van der Waals surface area contributed by atoms with Crippen LogP contribution in [0.1, 0.15) is 0 Å². The van der Waals surface area contributed by atoms with Gasteiger partial charge in [0, 0.05) is 17.7 Å². The van der Waals surface area contributed by atoms with Gasteiger partial charge in [-0.25, -0.2) is 9.97 Å². The molecule has 0 spiro atoms. The van der Waals surface area contributed by atoms with Gasteiger partial charge in [-0.05, 0) is 0 Å². The number of nitrogens with zero attached hydrogens (tertiary/aromatic N) is 4. The lowest BCUT2D eigenvalue weighted by molar-refractivity contribution is -0.385. The first-order chi connectivity index (χ1) is 9.00. The highest BCUT2D eigenvalue weighted by Crippen LogP contribution is 2.33. The van der Waals surface area contributed by atoms with E-state index in [-0.39, 0.29) is 22.1 Å². The van der Waals surface area contributed by atoms with E-state index < -0.39 is 15.5 Å². The molecule has 2 aromatic rings. The van der Waals surface area contributed by atoms with Crippen molar-refractivity contribution in [3.8, 4) is 11.3 Å². The molecule has 0 amide bonds. The number of nitro benzene ring substituents is 1. The van der Waals surface area contributed by atoms with Crippen LogP contribution in [0.2, 0.25) is 5.15 Å². The van der Waals surface area contributed by atoms with E-state index in [2.05, 4.69) is 9.97 Å². The van der Waals surface area contributed by atoms with Crippen LogP contribution in [0.3, 0.4) is 0 Å². The van der Waals surface area contributed by atoms with Crippen molar-refractivity contribution in [1.82, 2.24) is 9.97 Å². The maximum atomic E-state index is 10.9. The van der Waals surface area contributed by atoms with E-state index in [9.17, 15) is 20.2 Å². The third-order valence-corrected chi connectivity index (χ3v) is 2.57. The van der Waals surface area contributed by atoms with E-state index in [0.29, 0.717) is 0 Å². The molecule has 1 aromatic heterocycles. The lowest BCUT2D eigenvalue weighted by Gasteiger charge is -2.02. The van der Waals surface area contributed by atoms with Gasteiger partial charge in [-0.1, -0.05) is 23.7 Å². The topological polar surface area (TPSA) is 112 Å². The second-order valence-corrected chi connectivity index (χ2v) is 3.78. The Kier molecular flexibility index (Phi) is 3.34. The number of aromatic nitrogens is 2. The Labute approximate surface area is 111 Å². The van der Waals surface area contributed by atoms with E-state index >= 15 is 0 Å². The molecule has 8 nitrogen and oxygen atoms in total. The van der Waals surface area contributed by atoms with Crippen molar-refractivity contribution < 1.29 is 9.85 Å². The Balaban J connectivity index is 2.65. The van der Waals surface area contributed by atoms with Crippen LogP contribution in [0.5, 0.6) is 0 Å². The summed E-state index contributed by atoms with van der Waals surface area (Å²) in [5.74, 6) is 0. The van der Waals surface area contributed by atoms with Crippen molar-refractivity contribution in [2.24, 2.45) is 0 Å². The van der Waals surface area contributed by atoms with Crippen molar-refractivity contribution in [1.29, 1.82) is 0 Å². The van der Waals surface area contributed by atoms with Gasteiger partial charge in [0.1, 0.15) is 6.33 Å². The van der Waals surface area contributed by atoms with Gasteiger partial charge in [0.2, 0.25) is 5.15 Å². The molecular weight excluding hydrogens is 276 g/mol. The maximum absolute atomic E-state index is 10.9. The molecule has 19 heavy (non-hydrogen) atoms. The molecule has 0 radical (unpaired) electrons. The molecule has 0 saturated heterocycles. The highest BCUT2D eigenvalue weighted by atomic mass is 35.5. The van der Waals surface area contributed by atoms with Gasteiger partial charge in [0.15, 0.2) is 5.69 Å². The summed E-state index contributed by atoms with van der Waals surface area (Å²) in [7, 11) is 0. The number of hydrogen-bond acceptors (Lipinski definition) is 6. The standard InChI is InChI=1S/C10H5ClN4O4/c11-10-9(15(18)19)8(12-5-13-10)6-2-1-3-7(4-6)14(16)17/h1-5H. The zero-order valence-electron chi connectivity index (χ0n) is 9.19. The van der Waals surface area contributed by atoms with Gasteiger partial charge >= 0.3 is 5.69 Å². The molecule has 0 aliphatic carbocycles. The summed E-state index contributed by atoms with van der Waals surface area (Å²) in [4.78, 5) is 27.6. The summed E-state index contributed by atoms with van der Waals surface area (Å²) >= 11 is 5.65. The fraction of sp³-hybridized carbons (Fsp3) is 0. The van der Waals surface area contributed by atoms with Crippen molar-refractivity contribution in [3.05, 3.63) is 56.0 Å². The lowest BCUT2D eigenvalue weighted by Crippen LogP contribution is -1.98. The average molecular weight is 281 g/mol. The minimum atomic E-state index is -0.726. The summed E-state index contributed by atoms with van der Waals surface area (Å²) in [6, 6.07) is 5.34. The van der Waals surface area contributed by atoms with Crippen molar-refractivity contribution in [3.63, 3.8) is 0 Å². The Morgan fingerprint density at radius 1 is 1.11 bits per heavy atom. The second kappa shape index (κ2) is 4.94. The van der Waals surface area contributed by atoms with E-state index in [4.69, 9.17) is 11.6 Å². The number of halogens is 1. The quantitative estimate of drug-likeness (QED) is 0.485. The van der Waals surface area contributed by atoms with Gasteiger partial charge in [-0.2, -0.15) is 0 Å². The molecule has 0 bridgehead atoms. The van der Waals surface area contributed by atoms with E-state index in [1.807, 2.05) is 0 Å². The minimum absolute atomic E-state index is 0.0614. The summed E-state index contributed by atoms with van der Waals surface area (Å²) in [6.07, 6.45) is 1.06. The first-order valence-electron chi connectivity index (χ1n) is 4.90. The van der Waals surface area contributed by atoms with Gasteiger partial charge in [0.25, 0.3) is 5.69 Å². The van der Waals surface area contributed by atoms with Crippen LogP contribution in [-0.2, 0) is 0 Å². The molecule has 9 heteroatoms. The molecule has 0 N–H and O–H groups in total. The van der Waals surface area contributed by atoms with E-state index in [0.717, 1.165) is 6.33 Å². The molecule has 96 valence electrons. The van der Waals surface area contributed by atoms with Crippen LogP contribution >= 0.6 is 11.6 Å². The average Bonchev–Trinajstić information content (AvgIpc) is 2.38. The third kappa shape index (κ3) is 2.47. The molecule has 1 aromatic carbocycles. The van der Waals surface area contributed by atoms with Crippen LogP contribution in [-0.4, -0.2) is 19.8 Å². The largest absolute Gasteiger partial charge is 0.332 e. The van der Waals surface area contributed by atoms with Gasteiger partial charge < -0.3 is 0 Å². The first kappa shape index (κ1) is 12.8. The van der Waals surface area contributed by atoms with Gasteiger partial charge in [-0.15, -0.1) is 0 Å². The molecule has 0 aliphatic heterocycles. The summed E-state index contributed by atoms with van der Waals surface area (Å²) in [6.45, 7) is 0. The predicted molar refractivity (Wildman–Crippen MR) is 65.8 cm³/mol. The van der Waals surface area contributed by atoms with E-state index in [1.54, 1.807) is 0 Å². The number of rotatable bonds is 3. The van der Waals surface area contributed by atoms with Crippen LogP contribution in [0.15, 0.2) is 30.6 Å². The highest BCUT2D eigenvalue weighted by Gasteiger charge is 2.23. The molecule has 1 heterocycles. The van der Waals surface area contributed by atoms with E-state index in [1.165, 1.54) is 24.3 Å². The lowest BCUT2D eigenvalue weighted by atomic mass is 10.1. The maximum Gasteiger partial charge on any atom is 0.332 e. The fourth-order valence-electron chi connectivity index (χ4n) is 1.50. The molecule has 0 unspecified atom stereocenters. The molecule has 0 aliphatic rings. The third-order valence-electron chi connectivity index (χ3n) is 2.29. The van der Waals surface area contributed by atoms with Crippen LogP contribution < -0.4 is 0 Å². The van der Waals surface area contributed by atoms with Gasteiger partial charge in [-0.3, -0.25) is 20.2 Å². The zero-order valence-corrected chi connectivity index (χ0v) is 9.94.